The fourth-order valence-electron chi connectivity index (χ4n) is 2.46. The first-order chi connectivity index (χ1) is 9.51. The normalized spacial score (nSPS) is 18.4. The van der Waals surface area contributed by atoms with E-state index >= 15 is 0 Å². The van der Waals surface area contributed by atoms with E-state index in [9.17, 15) is 9.59 Å². The van der Waals surface area contributed by atoms with Crippen molar-refractivity contribution >= 4 is 11.8 Å². The second-order valence-electron chi connectivity index (χ2n) is 5.09. The quantitative estimate of drug-likeness (QED) is 0.880. The van der Waals surface area contributed by atoms with Gasteiger partial charge in [-0.2, -0.15) is 0 Å². The van der Waals surface area contributed by atoms with Crippen LogP contribution in [0.5, 0.6) is 5.75 Å². The molecular weight excluding hydrogens is 258 g/mol. The molecule has 6 heteroatoms. The summed E-state index contributed by atoms with van der Waals surface area (Å²) < 4.78 is 0. The molecule has 1 fully saturated rings. The number of amides is 2. The van der Waals surface area contributed by atoms with Gasteiger partial charge in [0.2, 0.25) is 5.91 Å². The smallest absolute Gasteiger partial charge is 0.272 e. The molecule has 20 heavy (non-hydrogen) atoms. The standard InChI is InChI=1S/C14H19N3O3/c1-3-17-9-10(6-13(17)19)8-16(2)14(20)12-5-4-11(18)7-15-12/h4-5,7,10,18H,3,6,8-9H2,1-2H3/t10-/m1/s1. The zero-order valence-corrected chi connectivity index (χ0v) is 11.7. The summed E-state index contributed by atoms with van der Waals surface area (Å²) >= 11 is 0. The number of carbonyl (C=O) groups is 2. The Morgan fingerprint density at radius 2 is 2.30 bits per heavy atom. The van der Waals surface area contributed by atoms with Crippen molar-refractivity contribution in [1.82, 2.24) is 14.8 Å². The molecular formula is C14H19N3O3. The van der Waals surface area contributed by atoms with Crippen LogP contribution in [0.15, 0.2) is 18.3 Å². The molecule has 1 saturated heterocycles. The lowest BCUT2D eigenvalue weighted by Crippen LogP contribution is -2.33. The molecule has 1 aliphatic heterocycles. The Kier molecular flexibility index (Phi) is 4.22. The van der Waals surface area contributed by atoms with E-state index in [0.717, 1.165) is 0 Å². The zero-order chi connectivity index (χ0) is 14.7. The van der Waals surface area contributed by atoms with E-state index in [0.29, 0.717) is 31.7 Å². The highest BCUT2D eigenvalue weighted by Crippen LogP contribution is 2.19. The molecule has 0 unspecified atom stereocenters. The third-order valence-corrected chi connectivity index (χ3v) is 3.52. The number of pyridine rings is 1. The van der Waals surface area contributed by atoms with Gasteiger partial charge in [0.25, 0.3) is 5.91 Å². The molecule has 0 saturated carbocycles. The first-order valence-corrected chi connectivity index (χ1v) is 6.69. The lowest BCUT2D eigenvalue weighted by Gasteiger charge is -2.21. The van der Waals surface area contributed by atoms with Crippen molar-refractivity contribution in [3.8, 4) is 5.75 Å². The van der Waals surface area contributed by atoms with E-state index in [-0.39, 0.29) is 23.5 Å². The minimum absolute atomic E-state index is 0.0316. The third-order valence-electron chi connectivity index (χ3n) is 3.52. The molecule has 1 atom stereocenters. The highest BCUT2D eigenvalue weighted by molar-refractivity contribution is 5.92. The molecule has 1 N–H and O–H groups in total. The van der Waals surface area contributed by atoms with Gasteiger partial charge in [-0.25, -0.2) is 4.98 Å². The molecule has 2 rings (SSSR count). The Morgan fingerprint density at radius 1 is 1.55 bits per heavy atom. The Labute approximate surface area is 118 Å². The number of hydrogen-bond acceptors (Lipinski definition) is 4. The average Bonchev–Trinajstić information content (AvgIpc) is 2.78. The average molecular weight is 277 g/mol. The maximum absolute atomic E-state index is 12.2. The Balaban J connectivity index is 1.95. The van der Waals surface area contributed by atoms with Gasteiger partial charge < -0.3 is 14.9 Å². The predicted octanol–water partition coefficient (Wildman–Crippen LogP) is 0.728. The molecule has 0 aliphatic carbocycles. The van der Waals surface area contributed by atoms with E-state index in [1.807, 2.05) is 11.8 Å². The summed E-state index contributed by atoms with van der Waals surface area (Å²) in [6.45, 7) is 3.90. The molecule has 6 nitrogen and oxygen atoms in total. The molecule has 0 radical (unpaired) electrons. The van der Waals surface area contributed by atoms with Crippen molar-refractivity contribution in [3.63, 3.8) is 0 Å². The summed E-state index contributed by atoms with van der Waals surface area (Å²) in [5.41, 5.74) is 0.293. The summed E-state index contributed by atoms with van der Waals surface area (Å²) in [7, 11) is 1.70. The van der Waals surface area contributed by atoms with E-state index < -0.39 is 0 Å². The molecule has 1 aromatic rings. The second kappa shape index (κ2) is 5.90. The molecule has 0 bridgehead atoms. The monoisotopic (exact) mass is 277 g/mol. The first-order valence-electron chi connectivity index (χ1n) is 6.69. The fourth-order valence-corrected chi connectivity index (χ4v) is 2.46. The highest BCUT2D eigenvalue weighted by atomic mass is 16.3. The summed E-state index contributed by atoms with van der Waals surface area (Å²) in [6.07, 6.45) is 1.74. The van der Waals surface area contributed by atoms with Crippen molar-refractivity contribution in [3.05, 3.63) is 24.0 Å². The van der Waals surface area contributed by atoms with Crippen molar-refractivity contribution < 1.29 is 14.7 Å². The number of likely N-dealkylation sites (tertiary alicyclic amines) is 1. The largest absolute Gasteiger partial charge is 0.506 e. The maximum Gasteiger partial charge on any atom is 0.272 e. The van der Waals surface area contributed by atoms with Gasteiger partial charge in [0.05, 0.1) is 6.20 Å². The van der Waals surface area contributed by atoms with E-state index in [4.69, 9.17) is 5.11 Å². The lowest BCUT2D eigenvalue weighted by atomic mass is 10.1. The van der Waals surface area contributed by atoms with E-state index in [1.165, 1.54) is 18.3 Å². The number of aromatic nitrogens is 1. The predicted molar refractivity (Wildman–Crippen MR) is 73.2 cm³/mol. The van der Waals surface area contributed by atoms with E-state index in [2.05, 4.69) is 4.98 Å². The van der Waals surface area contributed by atoms with Gasteiger partial charge in [-0.3, -0.25) is 9.59 Å². The Bertz CT molecular complexity index is 501. The van der Waals surface area contributed by atoms with Crippen LogP contribution in [0.25, 0.3) is 0 Å². The summed E-state index contributed by atoms with van der Waals surface area (Å²) in [6, 6.07) is 2.93. The van der Waals surface area contributed by atoms with Crippen LogP contribution in [0.1, 0.15) is 23.8 Å². The van der Waals surface area contributed by atoms with Crippen molar-refractivity contribution in [2.45, 2.75) is 13.3 Å². The Hall–Kier alpha value is -2.11. The highest BCUT2D eigenvalue weighted by Gasteiger charge is 2.30. The molecule has 0 aromatic carbocycles. The van der Waals surface area contributed by atoms with Crippen molar-refractivity contribution in [1.29, 1.82) is 0 Å². The SMILES string of the molecule is CCN1C[C@@H](CN(C)C(=O)c2ccc(O)cn2)CC1=O. The fraction of sp³-hybridized carbons (Fsp3) is 0.500. The number of carbonyl (C=O) groups excluding carboxylic acids is 2. The van der Waals surface area contributed by atoms with Crippen LogP contribution in [0.3, 0.4) is 0 Å². The van der Waals surface area contributed by atoms with Gasteiger partial charge in [0.15, 0.2) is 0 Å². The molecule has 0 spiro atoms. The lowest BCUT2D eigenvalue weighted by molar-refractivity contribution is -0.127. The molecule has 2 heterocycles. The molecule has 108 valence electrons. The minimum Gasteiger partial charge on any atom is -0.506 e. The summed E-state index contributed by atoms with van der Waals surface area (Å²) in [5.74, 6) is 0.159. The van der Waals surface area contributed by atoms with Gasteiger partial charge in [0.1, 0.15) is 11.4 Å². The molecule has 1 aromatic heterocycles. The summed E-state index contributed by atoms with van der Waals surface area (Å²) in [4.78, 5) is 31.1. The number of rotatable bonds is 4. The van der Waals surface area contributed by atoms with Crippen molar-refractivity contribution in [2.24, 2.45) is 5.92 Å². The second-order valence-corrected chi connectivity index (χ2v) is 5.09. The van der Waals surface area contributed by atoms with Crippen LogP contribution in [-0.4, -0.2) is 58.4 Å². The van der Waals surface area contributed by atoms with Gasteiger partial charge in [-0.05, 0) is 19.1 Å². The number of nitrogens with zero attached hydrogens (tertiary/aromatic N) is 3. The first kappa shape index (κ1) is 14.3. The van der Waals surface area contributed by atoms with Crippen LogP contribution in [0.4, 0.5) is 0 Å². The van der Waals surface area contributed by atoms with Crippen LogP contribution < -0.4 is 0 Å². The maximum atomic E-state index is 12.2. The zero-order valence-electron chi connectivity index (χ0n) is 11.7. The minimum atomic E-state index is -0.201. The van der Waals surface area contributed by atoms with E-state index in [1.54, 1.807) is 11.9 Å². The third kappa shape index (κ3) is 3.07. The van der Waals surface area contributed by atoms with Crippen LogP contribution in [-0.2, 0) is 4.79 Å². The van der Waals surface area contributed by atoms with Gasteiger partial charge in [-0.15, -0.1) is 0 Å². The van der Waals surface area contributed by atoms with Gasteiger partial charge >= 0.3 is 0 Å². The summed E-state index contributed by atoms with van der Waals surface area (Å²) in [5, 5.41) is 9.16. The topological polar surface area (TPSA) is 73.7 Å². The van der Waals surface area contributed by atoms with Crippen LogP contribution in [0, 0.1) is 5.92 Å². The number of aromatic hydroxyl groups is 1. The molecule has 2 amide bonds. The Morgan fingerprint density at radius 3 is 2.85 bits per heavy atom. The van der Waals surface area contributed by atoms with Gasteiger partial charge in [-0.1, -0.05) is 0 Å². The van der Waals surface area contributed by atoms with Crippen molar-refractivity contribution in [2.75, 3.05) is 26.7 Å². The van der Waals surface area contributed by atoms with Crippen LogP contribution >= 0.6 is 0 Å². The number of hydrogen-bond donors (Lipinski definition) is 1. The molecule has 1 aliphatic rings. The van der Waals surface area contributed by atoms with Gasteiger partial charge in [0, 0.05) is 39.0 Å². The van der Waals surface area contributed by atoms with Crippen LogP contribution in [0.2, 0.25) is 0 Å².